The van der Waals surface area contributed by atoms with E-state index < -0.39 is 0 Å². The molecule has 0 radical (unpaired) electrons. The molecule has 0 aromatic heterocycles. The number of amides is 2. The zero-order valence-electron chi connectivity index (χ0n) is 15.4. The zero-order valence-corrected chi connectivity index (χ0v) is 17.0. The lowest BCUT2D eigenvalue weighted by atomic mass is 9.85. The largest absolute Gasteiger partial charge is 0.426 e. The molecule has 4 aliphatic rings. The van der Waals surface area contributed by atoms with Crippen molar-refractivity contribution in [2.75, 3.05) is 0 Å². The van der Waals surface area contributed by atoms with E-state index in [9.17, 15) is 14.4 Å². The Bertz CT molecular complexity index is 826. The molecule has 3 fully saturated rings. The smallest absolute Gasteiger partial charge is 0.314 e. The maximum Gasteiger partial charge on any atom is 0.314 e. The minimum atomic E-state index is -0.223. The number of carbonyl (C=O) groups excluding carboxylic acids is 3. The third-order valence-electron chi connectivity index (χ3n) is 6.93. The predicted molar refractivity (Wildman–Crippen MR) is 105 cm³/mol. The highest BCUT2D eigenvalue weighted by Crippen LogP contribution is 2.53. The number of hydrogen-bond donors (Lipinski definition) is 0. The Balaban J connectivity index is 1.21. The second-order valence-corrected chi connectivity index (χ2v) is 9.34. The van der Waals surface area contributed by atoms with Crippen LogP contribution in [0.4, 0.5) is 0 Å². The van der Waals surface area contributed by atoms with Gasteiger partial charge in [-0.1, -0.05) is 28.1 Å². The van der Waals surface area contributed by atoms with Gasteiger partial charge in [-0.25, -0.2) is 0 Å². The number of allylic oxidation sites excluding steroid dienone is 2. The van der Waals surface area contributed by atoms with Gasteiger partial charge < -0.3 is 4.74 Å². The Morgan fingerprint density at radius 3 is 2.07 bits per heavy atom. The number of rotatable bonds is 3. The van der Waals surface area contributed by atoms with Crippen molar-refractivity contribution in [3.05, 3.63) is 40.9 Å². The molecule has 3 aliphatic carbocycles. The molecule has 28 heavy (non-hydrogen) atoms. The van der Waals surface area contributed by atoms with Gasteiger partial charge in [-0.2, -0.15) is 0 Å². The zero-order chi connectivity index (χ0) is 19.4. The molecule has 0 unspecified atom stereocenters. The van der Waals surface area contributed by atoms with Gasteiger partial charge in [0.15, 0.2) is 0 Å². The summed E-state index contributed by atoms with van der Waals surface area (Å²) in [5.41, 5.74) is 0. The molecule has 146 valence electrons. The molecule has 5 rings (SSSR count). The number of hydrogen-bond acceptors (Lipinski definition) is 4. The number of nitrogens with zero attached hydrogens (tertiary/aromatic N) is 1. The Hall–Kier alpha value is -1.95. The highest BCUT2D eigenvalue weighted by molar-refractivity contribution is 9.10. The summed E-state index contributed by atoms with van der Waals surface area (Å²) in [6.07, 6.45) is 7.86. The molecular formula is C22H22BrNO4. The molecule has 1 aliphatic heterocycles. The fraction of sp³-hybridized carbons (Fsp3) is 0.500. The van der Waals surface area contributed by atoms with E-state index in [1.165, 1.54) is 0 Å². The first kappa shape index (κ1) is 18.1. The molecule has 6 heteroatoms. The Labute approximate surface area is 172 Å². The van der Waals surface area contributed by atoms with Crippen LogP contribution in [0.15, 0.2) is 40.9 Å². The van der Waals surface area contributed by atoms with Gasteiger partial charge >= 0.3 is 5.97 Å². The topological polar surface area (TPSA) is 63.7 Å². The lowest BCUT2D eigenvalue weighted by molar-refractivity contribution is -0.145. The van der Waals surface area contributed by atoms with Crippen LogP contribution in [0.2, 0.25) is 0 Å². The second-order valence-electron chi connectivity index (χ2n) is 8.43. The molecule has 1 saturated heterocycles. The van der Waals surface area contributed by atoms with Crippen molar-refractivity contribution in [2.45, 2.75) is 38.1 Å². The number of esters is 1. The molecule has 1 aromatic carbocycles. The summed E-state index contributed by atoms with van der Waals surface area (Å²) in [5.74, 6) is 0.396. The van der Waals surface area contributed by atoms with Crippen LogP contribution in [0.3, 0.4) is 0 Å². The molecule has 1 heterocycles. The van der Waals surface area contributed by atoms with Gasteiger partial charge in [0.25, 0.3) is 0 Å². The fourth-order valence-electron chi connectivity index (χ4n) is 5.56. The highest BCUT2D eigenvalue weighted by atomic mass is 79.9. The van der Waals surface area contributed by atoms with E-state index in [-0.39, 0.29) is 53.4 Å². The first-order chi connectivity index (χ1) is 13.5. The molecule has 2 bridgehead atoms. The van der Waals surface area contributed by atoms with Crippen LogP contribution in [-0.4, -0.2) is 28.7 Å². The summed E-state index contributed by atoms with van der Waals surface area (Å²) in [6.45, 7) is 0. The number of carbonyl (C=O) groups is 3. The number of benzene rings is 1. The van der Waals surface area contributed by atoms with Crippen LogP contribution in [-0.2, 0) is 14.4 Å². The molecule has 2 saturated carbocycles. The van der Waals surface area contributed by atoms with Gasteiger partial charge in [0.1, 0.15) is 5.75 Å². The number of likely N-dealkylation sites (tertiary alicyclic amines) is 1. The summed E-state index contributed by atoms with van der Waals surface area (Å²) in [5, 5.41) is 0. The Morgan fingerprint density at radius 1 is 0.929 bits per heavy atom. The second kappa shape index (κ2) is 6.83. The summed E-state index contributed by atoms with van der Waals surface area (Å²) in [7, 11) is 0. The monoisotopic (exact) mass is 443 g/mol. The van der Waals surface area contributed by atoms with Crippen LogP contribution in [0.25, 0.3) is 0 Å². The summed E-state index contributed by atoms with van der Waals surface area (Å²) in [6, 6.07) is 7.13. The quantitative estimate of drug-likeness (QED) is 0.309. The molecule has 4 atom stereocenters. The van der Waals surface area contributed by atoms with E-state index in [0.29, 0.717) is 31.4 Å². The van der Waals surface area contributed by atoms with Crippen molar-refractivity contribution in [3.63, 3.8) is 0 Å². The highest BCUT2D eigenvalue weighted by Gasteiger charge is 2.60. The summed E-state index contributed by atoms with van der Waals surface area (Å²) in [4.78, 5) is 39.9. The number of halogens is 1. The van der Waals surface area contributed by atoms with Gasteiger partial charge in [0.05, 0.1) is 17.8 Å². The normalized spacial score (nSPS) is 36.1. The predicted octanol–water partition coefficient (Wildman–Crippen LogP) is 3.72. The van der Waals surface area contributed by atoms with Crippen LogP contribution in [0.5, 0.6) is 5.75 Å². The number of imide groups is 1. The lowest BCUT2D eigenvalue weighted by Gasteiger charge is -2.33. The van der Waals surface area contributed by atoms with Crippen LogP contribution < -0.4 is 4.74 Å². The standard InChI is InChI=1S/C22H22BrNO4/c23-15-5-9-17(10-6-15)28-22(27)12-3-7-16(8-4-12)24-20(25)18-13-1-2-14(11-13)19(18)21(24)26/h1-2,5-6,9-10,12-14,16,18-19H,3-4,7-8,11H2/t12?,13-,14+,16?,18+,19-. The molecule has 2 amide bonds. The van der Waals surface area contributed by atoms with Crippen LogP contribution >= 0.6 is 15.9 Å². The first-order valence-corrected chi connectivity index (χ1v) is 10.8. The maximum atomic E-state index is 12.9. The molecule has 1 aromatic rings. The van der Waals surface area contributed by atoms with Gasteiger partial charge in [0, 0.05) is 10.5 Å². The third kappa shape index (κ3) is 2.84. The average Bonchev–Trinajstić information content (AvgIpc) is 3.38. The van der Waals surface area contributed by atoms with E-state index in [0.717, 1.165) is 10.9 Å². The van der Waals surface area contributed by atoms with Gasteiger partial charge in [0.2, 0.25) is 11.8 Å². The van der Waals surface area contributed by atoms with Crippen molar-refractivity contribution in [1.29, 1.82) is 0 Å². The number of ether oxygens (including phenoxy) is 1. The van der Waals surface area contributed by atoms with E-state index in [1.54, 1.807) is 17.0 Å². The molecule has 5 nitrogen and oxygen atoms in total. The fourth-order valence-corrected chi connectivity index (χ4v) is 5.82. The Morgan fingerprint density at radius 2 is 1.50 bits per heavy atom. The lowest BCUT2D eigenvalue weighted by Crippen LogP contribution is -2.44. The van der Waals surface area contributed by atoms with Crippen molar-refractivity contribution in [1.82, 2.24) is 4.90 Å². The molecular weight excluding hydrogens is 422 g/mol. The average molecular weight is 444 g/mol. The van der Waals surface area contributed by atoms with Gasteiger partial charge in [-0.15, -0.1) is 0 Å². The summed E-state index contributed by atoms with van der Waals surface area (Å²) >= 11 is 3.36. The minimum Gasteiger partial charge on any atom is -0.426 e. The first-order valence-electron chi connectivity index (χ1n) is 10.1. The minimum absolute atomic E-state index is 0.0211. The third-order valence-corrected chi connectivity index (χ3v) is 7.46. The van der Waals surface area contributed by atoms with Crippen molar-refractivity contribution < 1.29 is 19.1 Å². The van der Waals surface area contributed by atoms with Crippen LogP contribution in [0, 0.1) is 29.6 Å². The summed E-state index contributed by atoms with van der Waals surface area (Å²) < 4.78 is 6.42. The van der Waals surface area contributed by atoms with Crippen molar-refractivity contribution in [3.8, 4) is 5.75 Å². The van der Waals surface area contributed by atoms with Crippen LogP contribution in [0.1, 0.15) is 32.1 Å². The SMILES string of the molecule is O=C(Oc1ccc(Br)cc1)C1CCC(N2C(=O)[C@@H]3[C@H](C2=O)[C@H]2C=C[C@@H]3C2)CC1. The Kier molecular flexibility index (Phi) is 4.42. The van der Waals surface area contributed by atoms with Crippen molar-refractivity contribution >= 4 is 33.7 Å². The van der Waals surface area contributed by atoms with E-state index in [1.807, 2.05) is 12.1 Å². The van der Waals surface area contributed by atoms with E-state index in [2.05, 4.69) is 28.1 Å². The maximum absolute atomic E-state index is 12.9. The van der Waals surface area contributed by atoms with E-state index in [4.69, 9.17) is 4.74 Å². The number of fused-ring (bicyclic) bond motifs is 5. The van der Waals surface area contributed by atoms with Crippen molar-refractivity contribution in [2.24, 2.45) is 29.6 Å². The van der Waals surface area contributed by atoms with Gasteiger partial charge in [-0.05, 0) is 68.2 Å². The molecule has 0 spiro atoms. The molecule has 0 N–H and O–H groups in total. The van der Waals surface area contributed by atoms with Gasteiger partial charge in [-0.3, -0.25) is 19.3 Å². The van der Waals surface area contributed by atoms with E-state index >= 15 is 0 Å².